The maximum atomic E-state index is 13.8. The highest BCUT2D eigenvalue weighted by Gasteiger charge is 2.46. The molecule has 1 amide bonds. The molecule has 5 nitrogen and oxygen atoms in total. The summed E-state index contributed by atoms with van der Waals surface area (Å²) in [6, 6.07) is 17.2. The molecular weight excluding hydrogens is 504 g/mol. The Morgan fingerprint density at radius 3 is 2.40 bits per heavy atom. The molecule has 1 heterocycles. The van der Waals surface area contributed by atoms with Crippen molar-refractivity contribution < 1.29 is 27.5 Å². The van der Waals surface area contributed by atoms with Crippen molar-refractivity contribution >= 4 is 40.6 Å². The first kappa shape index (κ1) is 24.9. The molecule has 1 aliphatic heterocycles. The van der Waals surface area contributed by atoms with Crippen LogP contribution < -0.4 is 10.8 Å². The molecule has 35 heavy (non-hydrogen) atoms. The number of hydrogen-bond donors (Lipinski definition) is 2. The van der Waals surface area contributed by atoms with Gasteiger partial charge in [0.05, 0.1) is 6.04 Å². The number of carbonyl (C=O) groups is 1. The van der Waals surface area contributed by atoms with Gasteiger partial charge in [-0.3, -0.25) is 5.32 Å². The van der Waals surface area contributed by atoms with Gasteiger partial charge in [-0.1, -0.05) is 65.7 Å². The van der Waals surface area contributed by atoms with Crippen LogP contribution in [0.15, 0.2) is 72.5 Å². The third-order valence-corrected chi connectivity index (χ3v) is 5.72. The summed E-state index contributed by atoms with van der Waals surface area (Å²) in [6.45, 7) is 1.82. The predicted molar refractivity (Wildman–Crippen MR) is 128 cm³/mol. The van der Waals surface area contributed by atoms with Gasteiger partial charge in [-0.05, 0) is 53.4 Å². The molecule has 3 aromatic rings. The highest BCUT2D eigenvalue weighted by molar-refractivity contribution is 6.34. The molecule has 1 atom stereocenters. The summed E-state index contributed by atoms with van der Waals surface area (Å²) < 4.78 is 46.5. The molecule has 0 saturated heterocycles. The van der Waals surface area contributed by atoms with Crippen LogP contribution in [0.5, 0.6) is 0 Å². The number of ether oxygens (including phenoxy) is 1. The molecule has 0 aliphatic carbocycles. The van der Waals surface area contributed by atoms with Gasteiger partial charge in [0.25, 0.3) is 0 Å². The summed E-state index contributed by atoms with van der Waals surface area (Å²) in [5.74, 6) is -1.20. The Balaban J connectivity index is 1.63. The van der Waals surface area contributed by atoms with E-state index < -0.39 is 24.1 Å². The third kappa shape index (κ3) is 5.90. The van der Waals surface area contributed by atoms with Crippen molar-refractivity contribution in [1.82, 2.24) is 5.48 Å². The van der Waals surface area contributed by atoms with E-state index in [2.05, 4.69) is 10.8 Å². The fourth-order valence-corrected chi connectivity index (χ4v) is 4.16. The Hall–Kier alpha value is -3.20. The Labute approximate surface area is 209 Å². The maximum Gasteiger partial charge on any atom is 0.451 e. The number of carbonyl (C=O) groups excluding carboxylic acids is 1. The van der Waals surface area contributed by atoms with E-state index in [-0.39, 0.29) is 27.8 Å². The monoisotopic (exact) mass is 522 g/mol. The van der Waals surface area contributed by atoms with Crippen molar-refractivity contribution in [2.75, 3.05) is 5.32 Å². The molecule has 0 spiro atoms. The molecular formula is C25H19Cl2F3N2O3. The van der Waals surface area contributed by atoms with Crippen molar-refractivity contribution in [3.8, 4) is 0 Å². The van der Waals surface area contributed by atoms with E-state index >= 15 is 0 Å². The van der Waals surface area contributed by atoms with Gasteiger partial charge >= 0.3 is 12.3 Å². The molecule has 0 radical (unpaired) electrons. The molecule has 10 heteroatoms. The van der Waals surface area contributed by atoms with Gasteiger partial charge in [-0.15, -0.1) is 5.48 Å². The fraction of sp³-hybridized carbons (Fsp3) is 0.160. The van der Waals surface area contributed by atoms with Gasteiger partial charge in [-0.25, -0.2) is 4.79 Å². The number of benzene rings is 3. The van der Waals surface area contributed by atoms with E-state index in [1.165, 1.54) is 18.2 Å². The molecule has 182 valence electrons. The van der Waals surface area contributed by atoms with Crippen molar-refractivity contribution in [2.45, 2.75) is 25.7 Å². The lowest BCUT2D eigenvalue weighted by molar-refractivity contribution is -0.136. The SMILES string of the molecule is Cc1ccc(C2NOC(C(F)(F)F)=C2c2cc(Cl)cc(Cl)c2)cc1NC(=O)OCc1ccccc1. The second-order valence-electron chi connectivity index (χ2n) is 7.81. The smallest absolute Gasteiger partial charge is 0.444 e. The zero-order valence-corrected chi connectivity index (χ0v) is 19.8. The van der Waals surface area contributed by atoms with Crippen LogP contribution in [-0.2, 0) is 16.2 Å². The highest BCUT2D eigenvalue weighted by Crippen LogP contribution is 2.45. The number of amides is 1. The summed E-state index contributed by atoms with van der Waals surface area (Å²) >= 11 is 12.1. The first-order valence-corrected chi connectivity index (χ1v) is 11.2. The first-order valence-electron chi connectivity index (χ1n) is 10.4. The number of allylic oxidation sites excluding steroid dienone is 1. The molecule has 2 N–H and O–H groups in total. The second-order valence-corrected chi connectivity index (χ2v) is 8.69. The number of halogens is 5. The minimum atomic E-state index is -4.76. The van der Waals surface area contributed by atoms with E-state index in [1.54, 1.807) is 25.1 Å². The van der Waals surface area contributed by atoms with Gasteiger partial charge < -0.3 is 9.57 Å². The number of hydroxylamine groups is 1. The highest BCUT2D eigenvalue weighted by atomic mass is 35.5. The Kier molecular flexibility index (Phi) is 7.25. The van der Waals surface area contributed by atoms with Gasteiger partial charge in [0, 0.05) is 21.3 Å². The average molecular weight is 523 g/mol. The van der Waals surface area contributed by atoms with Gasteiger partial charge in [0.15, 0.2) is 0 Å². The number of hydrogen-bond acceptors (Lipinski definition) is 4. The van der Waals surface area contributed by atoms with E-state index in [9.17, 15) is 18.0 Å². The van der Waals surface area contributed by atoms with Crippen LogP contribution in [0.3, 0.4) is 0 Å². The van der Waals surface area contributed by atoms with Crippen LogP contribution in [0.25, 0.3) is 5.57 Å². The molecule has 4 rings (SSSR count). The largest absolute Gasteiger partial charge is 0.451 e. The molecule has 1 aliphatic rings. The molecule has 0 bridgehead atoms. The van der Waals surface area contributed by atoms with Gasteiger partial charge in [-0.2, -0.15) is 13.2 Å². The molecule has 0 fully saturated rings. The van der Waals surface area contributed by atoms with Crippen molar-refractivity contribution in [3.05, 3.63) is 105 Å². The van der Waals surface area contributed by atoms with Crippen LogP contribution in [0.1, 0.15) is 28.3 Å². The summed E-state index contributed by atoms with van der Waals surface area (Å²) in [4.78, 5) is 17.2. The lowest BCUT2D eigenvalue weighted by Gasteiger charge is -2.17. The summed E-state index contributed by atoms with van der Waals surface area (Å²) in [5, 5.41) is 3.01. The fourth-order valence-electron chi connectivity index (χ4n) is 3.64. The number of nitrogens with one attached hydrogen (secondary N) is 2. The van der Waals surface area contributed by atoms with Crippen molar-refractivity contribution in [3.63, 3.8) is 0 Å². The molecule has 0 aromatic heterocycles. The number of alkyl halides is 3. The standard InChI is InChI=1S/C25H19Cl2F3N2O3/c1-14-7-8-16(11-20(14)31-24(33)34-13-15-5-3-2-4-6-15)22-21(23(35-32-22)25(28,29)30)17-9-18(26)12-19(27)10-17/h2-12,22,32H,13H2,1H3,(H,31,33). The molecule has 0 saturated carbocycles. The zero-order valence-electron chi connectivity index (χ0n) is 18.2. The third-order valence-electron chi connectivity index (χ3n) is 5.29. The zero-order chi connectivity index (χ0) is 25.2. The summed E-state index contributed by atoms with van der Waals surface area (Å²) in [7, 11) is 0. The van der Waals surface area contributed by atoms with Crippen LogP contribution >= 0.6 is 23.2 Å². The minimum Gasteiger partial charge on any atom is -0.444 e. The summed E-state index contributed by atoms with van der Waals surface area (Å²) in [6.07, 6.45) is -5.46. The minimum absolute atomic E-state index is 0.0702. The normalized spacial score (nSPS) is 15.7. The number of rotatable bonds is 5. The lowest BCUT2D eigenvalue weighted by atomic mass is 9.92. The van der Waals surface area contributed by atoms with E-state index in [4.69, 9.17) is 32.8 Å². The second kappa shape index (κ2) is 10.2. The maximum absolute atomic E-state index is 13.8. The Morgan fingerprint density at radius 2 is 1.74 bits per heavy atom. The molecule has 1 unspecified atom stereocenters. The average Bonchev–Trinajstić information content (AvgIpc) is 3.25. The Bertz CT molecular complexity index is 1260. The molecule has 3 aromatic carbocycles. The first-order chi connectivity index (χ1) is 16.6. The Morgan fingerprint density at radius 1 is 1.06 bits per heavy atom. The van der Waals surface area contributed by atoms with E-state index in [1.807, 2.05) is 30.3 Å². The van der Waals surface area contributed by atoms with E-state index in [0.717, 1.165) is 5.56 Å². The topological polar surface area (TPSA) is 59.6 Å². The van der Waals surface area contributed by atoms with Gasteiger partial charge in [0.1, 0.15) is 6.61 Å². The number of anilines is 1. The van der Waals surface area contributed by atoms with E-state index in [0.29, 0.717) is 16.8 Å². The van der Waals surface area contributed by atoms with Crippen molar-refractivity contribution in [1.29, 1.82) is 0 Å². The van der Waals surface area contributed by atoms with Crippen LogP contribution in [0.4, 0.5) is 23.7 Å². The van der Waals surface area contributed by atoms with Crippen LogP contribution in [0, 0.1) is 6.92 Å². The van der Waals surface area contributed by atoms with Crippen LogP contribution in [0.2, 0.25) is 10.0 Å². The lowest BCUT2D eigenvalue weighted by Crippen LogP contribution is -2.18. The summed E-state index contributed by atoms with van der Waals surface area (Å²) in [5.41, 5.74) is 4.72. The van der Waals surface area contributed by atoms with Crippen LogP contribution in [-0.4, -0.2) is 12.3 Å². The number of aryl methyl sites for hydroxylation is 1. The van der Waals surface area contributed by atoms with Crippen molar-refractivity contribution in [2.24, 2.45) is 0 Å². The predicted octanol–water partition coefficient (Wildman–Crippen LogP) is 7.60. The van der Waals surface area contributed by atoms with Gasteiger partial charge in [0.2, 0.25) is 5.76 Å². The quantitative estimate of drug-likeness (QED) is 0.362.